The van der Waals surface area contributed by atoms with E-state index in [0.717, 1.165) is 21.2 Å². The van der Waals surface area contributed by atoms with Crippen LogP contribution in [-0.4, -0.2) is 15.6 Å². The SMILES string of the molecule is Cc1ccccc1[C@@H](CC(=O)c1ccnn(C)c1=O)c1ccc(Br)cc1. The fraction of sp³-hybridized carbons (Fsp3) is 0.190. The third-order valence-electron chi connectivity index (χ3n) is 4.53. The van der Waals surface area contributed by atoms with Crippen molar-refractivity contribution in [3.63, 3.8) is 0 Å². The van der Waals surface area contributed by atoms with Crippen LogP contribution in [0.2, 0.25) is 0 Å². The lowest BCUT2D eigenvalue weighted by Gasteiger charge is -2.19. The average molecular weight is 411 g/mol. The first kappa shape index (κ1) is 18.3. The minimum absolute atomic E-state index is 0.116. The van der Waals surface area contributed by atoms with Gasteiger partial charge in [0, 0.05) is 30.1 Å². The molecule has 0 fully saturated rings. The molecule has 0 unspecified atom stereocenters. The fourth-order valence-corrected chi connectivity index (χ4v) is 3.36. The molecule has 0 saturated heterocycles. The zero-order valence-corrected chi connectivity index (χ0v) is 16.2. The van der Waals surface area contributed by atoms with Crippen LogP contribution in [0.15, 0.2) is 70.1 Å². The second kappa shape index (κ2) is 7.79. The largest absolute Gasteiger partial charge is 0.294 e. The van der Waals surface area contributed by atoms with Crippen molar-refractivity contribution in [2.45, 2.75) is 19.3 Å². The molecule has 3 aromatic rings. The maximum atomic E-state index is 12.9. The maximum Gasteiger partial charge on any atom is 0.277 e. The van der Waals surface area contributed by atoms with Gasteiger partial charge in [0.15, 0.2) is 5.78 Å². The van der Waals surface area contributed by atoms with Gasteiger partial charge >= 0.3 is 0 Å². The first-order chi connectivity index (χ1) is 12.5. The van der Waals surface area contributed by atoms with Crippen molar-refractivity contribution in [1.82, 2.24) is 9.78 Å². The standard InChI is InChI=1S/C21H19BrN2O2/c1-14-5-3-4-6-17(14)19(15-7-9-16(22)10-8-15)13-20(25)18-11-12-23-24(2)21(18)26/h3-12,19H,13H2,1-2H3/t19-/m0/s1. The van der Waals surface area contributed by atoms with E-state index in [0.29, 0.717) is 0 Å². The summed E-state index contributed by atoms with van der Waals surface area (Å²) in [6.07, 6.45) is 1.71. The lowest BCUT2D eigenvalue weighted by Crippen LogP contribution is -2.26. The third kappa shape index (κ3) is 3.83. The van der Waals surface area contributed by atoms with E-state index < -0.39 is 0 Å². The summed E-state index contributed by atoms with van der Waals surface area (Å²) >= 11 is 3.45. The number of aromatic nitrogens is 2. The van der Waals surface area contributed by atoms with E-state index in [-0.39, 0.29) is 29.2 Å². The molecular formula is C21H19BrN2O2. The molecule has 0 aliphatic rings. The summed E-state index contributed by atoms with van der Waals surface area (Å²) in [4.78, 5) is 25.2. The Morgan fingerprint density at radius 3 is 2.50 bits per heavy atom. The molecule has 2 aromatic carbocycles. The predicted octanol–water partition coefficient (Wildman–Crippen LogP) is 4.26. The molecule has 0 aliphatic heterocycles. The summed E-state index contributed by atoms with van der Waals surface area (Å²) in [5.74, 6) is -0.293. The molecule has 3 rings (SSSR count). The Bertz CT molecular complexity index is 993. The van der Waals surface area contributed by atoms with Crippen LogP contribution in [-0.2, 0) is 7.05 Å². The summed E-state index contributed by atoms with van der Waals surface area (Å²) < 4.78 is 2.18. The van der Waals surface area contributed by atoms with Crippen LogP contribution in [0.3, 0.4) is 0 Å². The molecule has 4 nitrogen and oxygen atoms in total. The number of ketones is 1. The van der Waals surface area contributed by atoms with Crippen molar-refractivity contribution in [3.05, 3.63) is 97.9 Å². The minimum Gasteiger partial charge on any atom is -0.294 e. The maximum absolute atomic E-state index is 12.9. The number of benzene rings is 2. The number of hydrogen-bond acceptors (Lipinski definition) is 3. The summed E-state index contributed by atoms with van der Waals surface area (Å²) in [7, 11) is 1.55. The van der Waals surface area contributed by atoms with Gasteiger partial charge in [0.25, 0.3) is 5.56 Å². The monoisotopic (exact) mass is 410 g/mol. The minimum atomic E-state index is -0.364. The third-order valence-corrected chi connectivity index (χ3v) is 5.06. The van der Waals surface area contributed by atoms with Gasteiger partial charge in [-0.2, -0.15) is 5.10 Å². The van der Waals surface area contributed by atoms with E-state index in [1.807, 2.05) is 55.5 Å². The summed E-state index contributed by atoms with van der Waals surface area (Å²) in [5, 5.41) is 3.89. The van der Waals surface area contributed by atoms with Crippen LogP contribution in [0.4, 0.5) is 0 Å². The Kier molecular flexibility index (Phi) is 5.47. The lowest BCUT2D eigenvalue weighted by molar-refractivity contribution is 0.0975. The van der Waals surface area contributed by atoms with Crippen LogP contribution >= 0.6 is 15.9 Å². The second-order valence-corrected chi connectivity index (χ2v) is 7.18. The van der Waals surface area contributed by atoms with Gasteiger partial charge in [-0.3, -0.25) is 9.59 Å². The van der Waals surface area contributed by atoms with Crippen molar-refractivity contribution >= 4 is 21.7 Å². The quantitative estimate of drug-likeness (QED) is 0.590. The number of Topliss-reactive ketones (excluding diaryl/α,β-unsaturated/α-hetero) is 1. The van der Waals surface area contributed by atoms with Crippen LogP contribution < -0.4 is 5.56 Å². The molecule has 1 aromatic heterocycles. The Balaban J connectivity index is 2.02. The molecule has 0 aliphatic carbocycles. The molecule has 0 amide bonds. The van der Waals surface area contributed by atoms with E-state index in [1.54, 1.807) is 7.05 Å². The Labute approximate surface area is 160 Å². The smallest absolute Gasteiger partial charge is 0.277 e. The highest BCUT2D eigenvalue weighted by atomic mass is 79.9. The van der Waals surface area contributed by atoms with Crippen LogP contribution in [0.25, 0.3) is 0 Å². The number of carbonyl (C=O) groups is 1. The molecule has 5 heteroatoms. The Hall–Kier alpha value is -2.53. The van der Waals surface area contributed by atoms with Gasteiger partial charge < -0.3 is 0 Å². The zero-order chi connectivity index (χ0) is 18.7. The number of halogens is 1. The van der Waals surface area contributed by atoms with Crippen molar-refractivity contribution < 1.29 is 4.79 Å². The van der Waals surface area contributed by atoms with E-state index in [9.17, 15) is 9.59 Å². The molecule has 0 radical (unpaired) electrons. The number of nitrogens with zero attached hydrogens (tertiary/aromatic N) is 2. The molecular weight excluding hydrogens is 392 g/mol. The zero-order valence-electron chi connectivity index (χ0n) is 14.6. The first-order valence-corrected chi connectivity index (χ1v) is 9.13. The van der Waals surface area contributed by atoms with Crippen LogP contribution in [0.5, 0.6) is 0 Å². The van der Waals surface area contributed by atoms with Crippen molar-refractivity contribution in [1.29, 1.82) is 0 Å². The number of carbonyl (C=O) groups excluding carboxylic acids is 1. The van der Waals surface area contributed by atoms with Crippen molar-refractivity contribution in [3.8, 4) is 0 Å². The molecule has 0 bridgehead atoms. The van der Waals surface area contributed by atoms with Crippen molar-refractivity contribution in [2.24, 2.45) is 7.05 Å². The Morgan fingerprint density at radius 1 is 1.12 bits per heavy atom. The molecule has 26 heavy (non-hydrogen) atoms. The van der Waals surface area contributed by atoms with Gasteiger partial charge in [-0.05, 0) is 41.8 Å². The highest BCUT2D eigenvalue weighted by Gasteiger charge is 2.22. The van der Waals surface area contributed by atoms with E-state index >= 15 is 0 Å². The molecule has 0 N–H and O–H groups in total. The average Bonchev–Trinajstić information content (AvgIpc) is 2.63. The summed E-state index contributed by atoms with van der Waals surface area (Å²) in [6, 6.07) is 17.5. The summed E-state index contributed by atoms with van der Waals surface area (Å²) in [5.41, 5.74) is 3.07. The molecule has 0 saturated carbocycles. The predicted molar refractivity (Wildman–Crippen MR) is 106 cm³/mol. The van der Waals surface area contributed by atoms with Crippen molar-refractivity contribution in [2.75, 3.05) is 0 Å². The van der Waals surface area contributed by atoms with Gasteiger partial charge in [-0.25, -0.2) is 4.68 Å². The lowest BCUT2D eigenvalue weighted by atomic mass is 9.84. The Morgan fingerprint density at radius 2 is 1.81 bits per heavy atom. The number of aryl methyl sites for hydroxylation is 2. The number of hydrogen-bond donors (Lipinski definition) is 0. The fourth-order valence-electron chi connectivity index (χ4n) is 3.09. The molecule has 0 spiro atoms. The van der Waals surface area contributed by atoms with Crippen LogP contribution in [0.1, 0.15) is 39.4 Å². The number of rotatable bonds is 5. The van der Waals surface area contributed by atoms with E-state index in [4.69, 9.17) is 0 Å². The highest BCUT2D eigenvalue weighted by Crippen LogP contribution is 2.32. The molecule has 132 valence electrons. The normalized spacial score (nSPS) is 12.0. The summed E-state index contributed by atoms with van der Waals surface area (Å²) in [6.45, 7) is 2.04. The van der Waals surface area contributed by atoms with Gasteiger partial charge in [0.1, 0.15) is 0 Å². The van der Waals surface area contributed by atoms with Crippen LogP contribution in [0, 0.1) is 6.92 Å². The van der Waals surface area contributed by atoms with E-state index in [2.05, 4.69) is 21.0 Å². The van der Waals surface area contributed by atoms with Gasteiger partial charge in [0.05, 0.1) is 5.56 Å². The van der Waals surface area contributed by atoms with Gasteiger partial charge in [0.2, 0.25) is 0 Å². The van der Waals surface area contributed by atoms with Gasteiger partial charge in [-0.15, -0.1) is 0 Å². The van der Waals surface area contributed by atoms with E-state index in [1.165, 1.54) is 16.9 Å². The molecule has 1 heterocycles. The van der Waals surface area contributed by atoms with Gasteiger partial charge in [-0.1, -0.05) is 52.3 Å². The first-order valence-electron chi connectivity index (χ1n) is 8.34. The second-order valence-electron chi connectivity index (χ2n) is 6.26. The topological polar surface area (TPSA) is 52.0 Å². The molecule has 1 atom stereocenters. The highest BCUT2D eigenvalue weighted by molar-refractivity contribution is 9.10.